The summed E-state index contributed by atoms with van der Waals surface area (Å²) < 4.78 is 19.0. The minimum absolute atomic E-state index is 0.0259. The lowest BCUT2D eigenvalue weighted by Gasteiger charge is -2.16. The summed E-state index contributed by atoms with van der Waals surface area (Å²) in [4.78, 5) is 29.0. The van der Waals surface area contributed by atoms with Gasteiger partial charge < -0.3 is 10.2 Å². The molecule has 1 atom stereocenters. The van der Waals surface area contributed by atoms with Crippen LogP contribution >= 0.6 is 0 Å². The second-order valence-corrected chi connectivity index (χ2v) is 7.09. The molecule has 0 fully saturated rings. The third-order valence-corrected chi connectivity index (χ3v) is 5.00. The number of halogens is 1. The Morgan fingerprint density at radius 1 is 0.967 bits per heavy atom. The molecule has 1 aromatic heterocycles. The molecule has 3 aromatic carbocycles. The Hall–Kier alpha value is -3.80. The fourth-order valence-corrected chi connectivity index (χ4v) is 3.42. The van der Waals surface area contributed by atoms with Crippen LogP contribution in [0.4, 0.5) is 4.39 Å². The van der Waals surface area contributed by atoms with Crippen LogP contribution in [-0.4, -0.2) is 16.7 Å². The molecule has 150 valence electrons. The lowest BCUT2D eigenvalue weighted by atomic mass is 9.86. The highest BCUT2D eigenvalue weighted by atomic mass is 19.1. The lowest BCUT2D eigenvalue weighted by molar-refractivity contribution is -0.120. The van der Waals surface area contributed by atoms with Crippen LogP contribution in [-0.2, 0) is 17.6 Å². The molecule has 0 saturated heterocycles. The van der Waals surface area contributed by atoms with Gasteiger partial charge in [-0.25, -0.2) is 9.37 Å². The summed E-state index contributed by atoms with van der Waals surface area (Å²) in [6.45, 7) is 0. The van der Waals surface area contributed by atoms with Gasteiger partial charge in [0, 0.05) is 11.5 Å². The first kappa shape index (κ1) is 19.5. The van der Waals surface area contributed by atoms with E-state index in [1.807, 2.05) is 18.2 Å². The molecule has 4 rings (SSSR count). The van der Waals surface area contributed by atoms with Crippen molar-refractivity contribution in [3.8, 4) is 0 Å². The van der Waals surface area contributed by atoms with Crippen molar-refractivity contribution < 1.29 is 18.4 Å². The van der Waals surface area contributed by atoms with Gasteiger partial charge in [0.2, 0.25) is 11.8 Å². The zero-order chi connectivity index (χ0) is 21.1. The van der Waals surface area contributed by atoms with E-state index in [1.165, 1.54) is 12.1 Å². The van der Waals surface area contributed by atoms with Gasteiger partial charge in [0.1, 0.15) is 17.1 Å². The van der Waals surface area contributed by atoms with Crippen molar-refractivity contribution in [1.29, 1.82) is 0 Å². The number of amides is 1. The molecule has 1 amide bonds. The second-order valence-electron chi connectivity index (χ2n) is 7.09. The molecule has 0 spiro atoms. The van der Waals surface area contributed by atoms with Crippen molar-refractivity contribution in [3.05, 3.63) is 101 Å². The topological polar surface area (TPSA) is 86.2 Å². The third kappa shape index (κ3) is 4.27. The standard InChI is InChI=1S/C24H19FN2O3/c25-18-11-5-15(6-12-18)13-19(16-7-9-17(10-8-16)24(26)29)21(28)14-23-27-20-3-1-2-4-22(20)30-23/h1-12,19H,13-14H2,(H2,26,29). The van der Waals surface area contributed by atoms with Crippen molar-refractivity contribution in [2.75, 3.05) is 0 Å². The predicted molar refractivity (Wildman–Crippen MR) is 111 cm³/mol. The summed E-state index contributed by atoms with van der Waals surface area (Å²) in [5, 5.41) is 0. The second kappa shape index (κ2) is 8.29. The van der Waals surface area contributed by atoms with E-state index in [4.69, 9.17) is 10.2 Å². The fourth-order valence-electron chi connectivity index (χ4n) is 3.42. The van der Waals surface area contributed by atoms with Crippen molar-refractivity contribution >= 4 is 22.8 Å². The van der Waals surface area contributed by atoms with Gasteiger partial charge in [0.25, 0.3) is 0 Å². The average Bonchev–Trinajstić information content (AvgIpc) is 3.15. The number of oxazole rings is 1. The summed E-state index contributed by atoms with van der Waals surface area (Å²) in [6, 6.07) is 20.0. The first-order valence-corrected chi connectivity index (χ1v) is 9.51. The van der Waals surface area contributed by atoms with Crippen molar-refractivity contribution in [1.82, 2.24) is 4.98 Å². The molecule has 6 heteroatoms. The zero-order valence-electron chi connectivity index (χ0n) is 16.0. The Labute approximate surface area is 172 Å². The predicted octanol–water partition coefficient (Wildman–Crippen LogP) is 4.20. The molecule has 0 bridgehead atoms. The highest BCUT2D eigenvalue weighted by Crippen LogP contribution is 2.25. The maximum Gasteiger partial charge on any atom is 0.248 e. The number of primary amides is 1. The van der Waals surface area contributed by atoms with Crippen LogP contribution in [0.25, 0.3) is 11.1 Å². The molecule has 0 saturated carbocycles. The van der Waals surface area contributed by atoms with Crippen molar-refractivity contribution in [2.24, 2.45) is 5.73 Å². The summed E-state index contributed by atoms with van der Waals surface area (Å²) >= 11 is 0. The van der Waals surface area contributed by atoms with Crippen LogP contribution in [0.2, 0.25) is 0 Å². The Kier molecular flexibility index (Phi) is 5.39. The number of ketones is 1. The Bertz CT molecular complexity index is 1160. The van der Waals surface area contributed by atoms with Crippen LogP contribution in [0, 0.1) is 5.82 Å². The number of rotatable bonds is 7. The fraction of sp³-hybridized carbons (Fsp3) is 0.125. The number of para-hydroxylation sites is 2. The summed E-state index contributed by atoms with van der Waals surface area (Å²) in [7, 11) is 0. The molecule has 1 heterocycles. The van der Waals surface area contributed by atoms with E-state index in [2.05, 4.69) is 4.98 Å². The molecule has 30 heavy (non-hydrogen) atoms. The average molecular weight is 402 g/mol. The van der Waals surface area contributed by atoms with Gasteiger partial charge in [-0.05, 0) is 53.9 Å². The summed E-state index contributed by atoms with van der Waals surface area (Å²) in [5.74, 6) is -1.11. The molecule has 5 nitrogen and oxygen atoms in total. The van der Waals surface area contributed by atoms with E-state index in [0.717, 1.165) is 11.1 Å². The number of carbonyl (C=O) groups excluding carboxylic acids is 2. The minimum Gasteiger partial charge on any atom is -0.440 e. The molecule has 1 unspecified atom stereocenters. The van der Waals surface area contributed by atoms with Crippen LogP contribution in [0.15, 0.2) is 77.2 Å². The SMILES string of the molecule is NC(=O)c1ccc(C(Cc2ccc(F)cc2)C(=O)Cc2nc3ccccc3o2)cc1. The highest BCUT2D eigenvalue weighted by Gasteiger charge is 2.23. The van der Waals surface area contributed by atoms with Crippen molar-refractivity contribution in [3.63, 3.8) is 0 Å². The zero-order valence-corrected chi connectivity index (χ0v) is 16.0. The molecule has 0 radical (unpaired) electrons. The van der Waals surface area contributed by atoms with Gasteiger partial charge in [-0.2, -0.15) is 0 Å². The largest absolute Gasteiger partial charge is 0.440 e. The van der Waals surface area contributed by atoms with Crippen LogP contribution in [0.3, 0.4) is 0 Å². The Balaban J connectivity index is 1.63. The number of hydrogen-bond donors (Lipinski definition) is 1. The maximum atomic E-state index is 13.3. The highest BCUT2D eigenvalue weighted by molar-refractivity contribution is 5.93. The Morgan fingerprint density at radius 3 is 2.33 bits per heavy atom. The van der Waals surface area contributed by atoms with E-state index >= 15 is 0 Å². The van der Waals surface area contributed by atoms with Crippen LogP contribution < -0.4 is 5.73 Å². The van der Waals surface area contributed by atoms with E-state index in [-0.39, 0.29) is 18.0 Å². The molecule has 0 aliphatic rings. The molecule has 0 aliphatic heterocycles. The van der Waals surface area contributed by atoms with Gasteiger partial charge in [-0.1, -0.05) is 36.4 Å². The minimum atomic E-state index is -0.533. The van der Waals surface area contributed by atoms with Gasteiger partial charge in [-0.3, -0.25) is 9.59 Å². The number of hydrogen-bond acceptors (Lipinski definition) is 4. The monoisotopic (exact) mass is 402 g/mol. The van der Waals surface area contributed by atoms with Crippen LogP contribution in [0.5, 0.6) is 0 Å². The smallest absolute Gasteiger partial charge is 0.248 e. The van der Waals surface area contributed by atoms with E-state index in [0.29, 0.717) is 29.0 Å². The quantitative estimate of drug-likeness (QED) is 0.502. The van der Waals surface area contributed by atoms with E-state index in [9.17, 15) is 14.0 Å². The number of fused-ring (bicyclic) bond motifs is 1. The maximum absolute atomic E-state index is 13.3. The third-order valence-electron chi connectivity index (χ3n) is 5.00. The number of nitrogens with two attached hydrogens (primary N) is 1. The molecule has 4 aromatic rings. The Morgan fingerprint density at radius 2 is 1.67 bits per heavy atom. The summed E-state index contributed by atoms with van der Waals surface area (Å²) in [5.41, 5.74) is 8.57. The molecule has 0 aliphatic carbocycles. The number of nitrogens with zero attached hydrogens (tertiary/aromatic N) is 1. The first-order chi connectivity index (χ1) is 14.5. The molecular formula is C24H19FN2O3. The molecular weight excluding hydrogens is 383 g/mol. The van der Waals surface area contributed by atoms with Gasteiger partial charge >= 0.3 is 0 Å². The first-order valence-electron chi connectivity index (χ1n) is 9.51. The number of benzene rings is 3. The van der Waals surface area contributed by atoms with E-state index in [1.54, 1.807) is 42.5 Å². The molecule has 2 N–H and O–H groups in total. The van der Waals surface area contributed by atoms with E-state index < -0.39 is 11.8 Å². The van der Waals surface area contributed by atoms with Gasteiger partial charge in [0.05, 0.1) is 6.42 Å². The summed E-state index contributed by atoms with van der Waals surface area (Å²) in [6.07, 6.45) is 0.410. The van der Waals surface area contributed by atoms with Gasteiger partial charge in [-0.15, -0.1) is 0 Å². The number of aromatic nitrogens is 1. The van der Waals surface area contributed by atoms with Crippen molar-refractivity contribution in [2.45, 2.75) is 18.8 Å². The normalized spacial score (nSPS) is 12.0. The van der Waals surface area contributed by atoms with Crippen LogP contribution in [0.1, 0.15) is 33.3 Å². The number of Topliss-reactive ketones (excluding diaryl/α,β-unsaturated/α-hetero) is 1. The van der Waals surface area contributed by atoms with Gasteiger partial charge in [0.15, 0.2) is 5.58 Å². The number of carbonyl (C=O) groups is 2. The lowest BCUT2D eigenvalue weighted by Crippen LogP contribution is -2.18.